The first-order chi connectivity index (χ1) is 16.2. The molecular formula is C25H24N4O4S. The van der Waals surface area contributed by atoms with E-state index in [2.05, 4.69) is 16.4 Å². The molecule has 0 spiro atoms. The van der Waals surface area contributed by atoms with Crippen LogP contribution < -0.4 is 5.32 Å². The van der Waals surface area contributed by atoms with Crippen LogP contribution in [0.5, 0.6) is 0 Å². The highest BCUT2D eigenvalue weighted by Gasteiger charge is 2.28. The third kappa shape index (κ3) is 4.63. The summed E-state index contributed by atoms with van der Waals surface area (Å²) >= 11 is 0. The molecule has 1 aromatic heterocycles. The van der Waals surface area contributed by atoms with E-state index in [4.69, 9.17) is 0 Å². The number of hydrogen-bond acceptors (Lipinski definition) is 6. The van der Waals surface area contributed by atoms with E-state index >= 15 is 0 Å². The van der Waals surface area contributed by atoms with Gasteiger partial charge in [0.05, 0.1) is 28.6 Å². The number of rotatable bonds is 5. The fourth-order valence-corrected chi connectivity index (χ4v) is 4.96. The van der Waals surface area contributed by atoms with Crippen LogP contribution in [0.4, 0.5) is 0 Å². The standard InChI is InChI=1S/C25H24N4O4S/c1-16-12-19(34(2,32)33)6-7-20(16)17-5-8-23-22(13-17)21(9-10-27-23)25(31)28-15-24(30)29-11-3-4-18(29)14-26/h5-10,12-13,18H,3-4,11,15H2,1-2H3,(H,28,31)/t18-/m0/s1. The van der Waals surface area contributed by atoms with Gasteiger partial charge in [-0.25, -0.2) is 8.42 Å². The molecule has 4 rings (SSSR count). The van der Waals surface area contributed by atoms with Crippen LogP contribution in [0, 0.1) is 18.3 Å². The monoisotopic (exact) mass is 476 g/mol. The summed E-state index contributed by atoms with van der Waals surface area (Å²) < 4.78 is 23.7. The van der Waals surface area contributed by atoms with Crippen molar-refractivity contribution in [3.63, 3.8) is 0 Å². The molecule has 0 aliphatic carbocycles. The van der Waals surface area contributed by atoms with Crippen LogP contribution >= 0.6 is 0 Å². The first-order valence-electron chi connectivity index (χ1n) is 10.9. The van der Waals surface area contributed by atoms with Gasteiger partial charge in [0.2, 0.25) is 5.91 Å². The molecule has 1 saturated heterocycles. The Kier molecular flexibility index (Phi) is 6.35. The first-order valence-corrected chi connectivity index (χ1v) is 12.8. The summed E-state index contributed by atoms with van der Waals surface area (Å²) in [5.74, 6) is -0.687. The predicted octanol–water partition coefficient (Wildman–Crippen LogP) is 2.86. The van der Waals surface area contributed by atoms with Gasteiger partial charge < -0.3 is 10.2 Å². The second-order valence-electron chi connectivity index (χ2n) is 8.40. The van der Waals surface area contributed by atoms with Gasteiger partial charge in [-0.1, -0.05) is 12.1 Å². The number of sulfone groups is 1. The van der Waals surface area contributed by atoms with E-state index < -0.39 is 21.8 Å². The van der Waals surface area contributed by atoms with Crippen molar-refractivity contribution in [2.75, 3.05) is 19.3 Å². The number of nitrogens with one attached hydrogen (secondary N) is 1. The molecule has 0 unspecified atom stereocenters. The van der Waals surface area contributed by atoms with Gasteiger partial charge in [0.15, 0.2) is 9.84 Å². The quantitative estimate of drug-likeness (QED) is 0.605. The Labute approximate surface area is 198 Å². The van der Waals surface area contributed by atoms with Crippen molar-refractivity contribution >= 4 is 32.6 Å². The minimum absolute atomic E-state index is 0.188. The second-order valence-corrected chi connectivity index (χ2v) is 10.4. The van der Waals surface area contributed by atoms with Crippen molar-refractivity contribution in [3.8, 4) is 17.2 Å². The third-order valence-corrected chi connectivity index (χ3v) is 7.16. The van der Waals surface area contributed by atoms with Crippen LogP contribution in [0.2, 0.25) is 0 Å². The Bertz CT molecular complexity index is 1440. The number of aryl methyl sites for hydroxylation is 1. The molecule has 3 aromatic rings. The minimum Gasteiger partial charge on any atom is -0.343 e. The average Bonchev–Trinajstić information content (AvgIpc) is 3.30. The van der Waals surface area contributed by atoms with E-state index in [0.717, 1.165) is 23.1 Å². The predicted molar refractivity (Wildman–Crippen MR) is 128 cm³/mol. The highest BCUT2D eigenvalue weighted by Crippen LogP contribution is 2.29. The van der Waals surface area contributed by atoms with E-state index in [0.29, 0.717) is 29.4 Å². The third-order valence-electron chi connectivity index (χ3n) is 6.05. The van der Waals surface area contributed by atoms with Gasteiger partial charge >= 0.3 is 0 Å². The Morgan fingerprint density at radius 3 is 2.71 bits per heavy atom. The van der Waals surface area contributed by atoms with Crippen LogP contribution in [0.1, 0.15) is 28.8 Å². The molecule has 2 amide bonds. The van der Waals surface area contributed by atoms with Gasteiger partial charge in [-0.15, -0.1) is 0 Å². The van der Waals surface area contributed by atoms with E-state index in [1.807, 2.05) is 19.1 Å². The molecule has 0 bridgehead atoms. The fourth-order valence-electron chi connectivity index (χ4n) is 4.25. The molecule has 1 aliphatic heterocycles. The van der Waals surface area contributed by atoms with Crippen LogP contribution in [-0.2, 0) is 14.6 Å². The number of aromatic nitrogens is 1. The largest absolute Gasteiger partial charge is 0.343 e. The average molecular weight is 477 g/mol. The molecule has 8 nitrogen and oxygen atoms in total. The maximum Gasteiger partial charge on any atom is 0.252 e. The Morgan fingerprint density at radius 1 is 1.21 bits per heavy atom. The van der Waals surface area contributed by atoms with E-state index in [-0.39, 0.29) is 17.3 Å². The SMILES string of the molecule is Cc1cc(S(C)(=O)=O)ccc1-c1ccc2nccc(C(=O)NCC(=O)N3CCC[C@H]3C#N)c2c1. The number of nitrogens with zero attached hydrogens (tertiary/aromatic N) is 3. The lowest BCUT2D eigenvalue weighted by Crippen LogP contribution is -2.42. The molecule has 9 heteroatoms. The lowest BCUT2D eigenvalue weighted by Gasteiger charge is -2.19. The summed E-state index contributed by atoms with van der Waals surface area (Å²) in [6.45, 7) is 2.17. The lowest BCUT2D eigenvalue weighted by molar-refractivity contribution is -0.130. The number of nitriles is 1. The number of amides is 2. The molecule has 0 radical (unpaired) electrons. The minimum atomic E-state index is -3.31. The number of carbonyl (C=O) groups is 2. The number of pyridine rings is 1. The molecule has 1 N–H and O–H groups in total. The summed E-state index contributed by atoms with van der Waals surface area (Å²) in [4.78, 5) is 31.5. The maximum atomic E-state index is 13.0. The molecule has 0 saturated carbocycles. The Balaban J connectivity index is 1.61. The molecule has 1 fully saturated rings. The highest BCUT2D eigenvalue weighted by molar-refractivity contribution is 7.90. The highest BCUT2D eigenvalue weighted by atomic mass is 32.2. The first kappa shape index (κ1) is 23.4. The van der Waals surface area contributed by atoms with Crippen molar-refractivity contribution in [2.24, 2.45) is 0 Å². The number of carbonyl (C=O) groups excluding carboxylic acids is 2. The molecule has 2 heterocycles. The van der Waals surface area contributed by atoms with Crippen LogP contribution in [-0.4, -0.2) is 55.5 Å². The lowest BCUT2D eigenvalue weighted by atomic mass is 9.97. The van der Waals surface area contributed by atoms with Crippen molar-refractivity contribution in [2.45, 2.75) is 30.7 Å². The van der Waals surface area contributed by atoms with Crippen molar-refractivity contribution in [1.82, 2.24) is 15.2 Å². The fraction of sp³-hybridized carbons (Fsp3) is 0.280. The number of likely N-dealkylation sites (tertiary alicyclic amines) is 1. The smallest absolute Gasteiger partial charge is 0.252 e. The molecule has 174 valence electrons. The van der Waals surface area contributed by atoms with Gasteiger partial charge in [-0.2, -0.15) is 5.26 Å². The molecule has 1 aliphatic rings. The van der Waals surface area contributed by atoms with E-state index in [1.54, 1.807) is 30.3 Å². The van der Waals surface area contributed by atoms with Crippen molar-refractivity contribution in [1.29, 1.82) is 5.26 Å². The van der Waals surface area contributed by atoms with Crippen LogP contribution in [0.25, 0.3) is 22.0 Å². The van der Waals surface area contributed by atoms with Crippen molar-refractivity contribution in [3.05, 3.63) is 59.8 Å². The van der Waals surface area contributed by atoms with Gasteiger partial charge in [0.25, 0.3) is 5.91 Å². The zero-order valence-corrected chi connectivity index (χ0v) is 19.7. The number of fused-ring (bicyclic) bond motifs is 1. The maximum absolute atomic E-state index is 13.0. The molecule has 1 atom stereocenters. The molecular weight excluding hydrogens is 452 g/mol. The summed E-state index contributed by atoms with van der Waals surface area (Å²) in [6.07, 6.45) is 4.14. The summed E-state index contributed by atoms with van der Waals surface area (Å²) in [5, 5.41) is 12.5. The Hall–Kier alpha value is -3.77. The molecule has 2 aromatic carbocycles. The van der Waals surface area contributed by atoms with Crippen LogP contribution in [0.15, 0.2) is 53.6 Å². The van der Waals surface area contributed by atoms with E-state index in [9.17, 15) is 23.3 Å². The normalized spacial score (nSPS) is 15.8. The van der Waals surface area contributed by atoms with Gasteiger partial charge in [-0.3, -0.25) is 14.6 Å². The van der Waals surface area contributed by atoms with Crippen LogP contribution in [0.3, 0.4) is 0 Å². The zero-order chi connectivity index (χ0) is 24.5. The summed E-state index contributed by atoms with van der Waals surface area (Å²) in [7, 11) is -3.31. The number of hydrogen-bond donors (Lipinski definition) is 1. The zero-order valence-electron chi connectivity index (χ0n) is 18.9. The summed E-state index contributed by atoms with van der Waals surface area (Å²) in [5.41, 5.74) is 3.45. The Morgan fingerprint density at radius 2 is 2.00 bits per heavy atom. The topological polar surface area (TPSA) is 120 Å². The van der Waals surface area contributed by atoms with Crippen molar-refractivity contribution < 1.29 is 18.0 Å². The van der Waals surface area contributed by atoms with Gasteiger partial charge in [-0.05, 0) is 66.8 Å². The van der Waals surface area contributed by atoms with E-state index in [1.165, 1.54) is 17.4 Å². The number of benzene rings is 2. The van der Waals surface area contributed by atoms with Gasteiger partial charge in [0, 0.05) is 24.4 Å². The second kappa shape index (κ2) is 9.23. The van der Waals surface area contributed by atoms with Gasteiger partial charge in [0.1, 0.15) is 6.04 Å². The summed E-state index contributed by atoms with van der Waals surface area (Å²) in [6, 6.07) is 13.8. The molecule has 34 heavy (non-hydrogen) atoms.